The molecule has 47 heavy (non-hydrogen) atoms. The Morgan fingerprint density at radius 3 is 2.02 bits per heavy atom. The molecule has 6 unspecified atom stereocenters. The number of unbranched alkanes of at least 4 members (excludes halogenated alkanes) is 4. The number of aliphatic hydroxyl groups is 2. The molecule has 0 aromatic heterocycles. The average molecular weight is 654 g/mol. The highest BCUT2D eigenvalue weighted by Crippen LogP contribution is 2.40. The molecule has 4 heterocycles. The predicted octanol–water partition coefficient (Wildman–Crippen LogP) is 4.60. The van der Waals surface area contributed by atoms with Gasteiger partial charge in [0.25, 0.3) is 0 Å². The van der Waals surface area contributed by atoms with Gasteiger partial charge in [-0.25, -0.2) is 0 Å². The number of rotatable bonds is 13. The van der Waals surface area contributed by atoms with Gasteiger partial charge >= 0.3 is 0 Å². The van der Waals surface area contributed by atoms with E-state index in [4.69, 9.17) is 37.9 Å². The van der Waals surface area contributed by atoms with Crippen molar-refractivity contribution in [3.8, 4) is 0 Å². The van der Waals surface area contributed by atoms with Gasteiger partial charge in [0.2, 0.25) is 0 Å². The molecule has 4 aliphatic rings. The van der Waals surface area contributed by atoms with Gasteiger partial charge in [-0.1, -0.05) is 84.7 Å². The first kappa shape index (κ1) is 34.0. The van der Waals surface area contributed by atoms with E-state index in [1.807, 2.05) is 66.7 Å². The van der Waals surface area contributed by atoms with Crippen molar-refractivity contribution in [2.24, 2.45) is 5.11 Å². The van der Waals surface area contributed by atoms with E-state index in [-0.39, 0.29) is 13.2 Å². The van der Waals surface area contributed by atoms with Crippen molar-refractivity contribution in [3.05, 3.63) is 94.9 Å². The molecule has 4 saturated heterocycles. The summed E-state index contributed by atoms with van der Waals surface area (Å²) in [6.45, 7) is 4.38. The highest BCUT2D eigenvalue weighted by molar-refractivity contribution is 5.18. The van der Waals surface area contributed by atoms with Gasteiger partial charge in [-0.15, -0.1) is 6.58 Å². The van der Waals surface area contributed by atoms with E-state index in [1.54, 1.807) is 0 Å². The quantitative estimate of drug-likeness (QED) is 0.103. The molecule has 2 aromatic carbocycles. The lowest BCUT2D eigenvalue weighted by atomic mass is 9.94. The average Bonchev–Trinajstić information content (AvgIpc) is 3.11. The molecule has 0 amide bonds. The number of hydrogen-bond donors (Lipinski definition) is 2. The van der Waals surface area contributed by atoms with Crippen LogP contribution in [-0.4, -0.2) is 91.4 Å². The lowest BCUT2D eigenvalue weighted by Crippen LogP contribution is -2.66. The summed E-state index contributed by atoms with van der Waals surface area (Å²) in [5, 5.41) is 26.5. The van der Waals surface area contributed by atoms with Crippen LogP contribution in [0.15, 0.2) is 78.4 Å². The summed E-state index contributed by atoms with van der Waals surface area (Å²) in [6, 6.07) is 17.7. The molecule has 4 fully saturated rings. The van der Waals surface area contributed by atoms with Crippen LogP contribution in [-0.2, 0) is 37.9 Å². The number of allylic oxidation sites excluding steroid dienone is 1. The minimum absolute atomic E-state index is 0.0897. The third kappa shape index (κ3) is 8.05. The zero-order valence-electron chi connectivity index (χ0n) is 26.1. The van der Waals surface area contributed by atoms with Gasteiger partial charge in [0.1, 0.15) is 48.8 Å². The van der Waals surface area contributed by atoms with Crippen LogP contribution in [0.3, 0.4) is 0 Å². The fraction of sp³-hybridized carbons (Fsp3) is 0.588. The van der Waals surface area contributed by atoms with Crippen LogP contribution in [0.25, 0.3) is 10.4 Å². The number of nitrogens with zero attached hydrogens (tertiary/aromatic N) is 3. The normalized spacial score (nSPS) is 36.8. The topological polar surface area (TPSA) is 163 Å². The first-order valence-corrected chi connectivity index (χ1v) is 16.3. The highest BCUT2D eigenvalue weighted by atomic mass is 16.8. The second-order valence-electron chi connectivity index (χ2n) is 12.1. The van der Waals surface area contributed by atoms with Crippen molar-refractivity contribution in [1.82, 2.24) is 0 Å². The predicted molar refractivity (Wildman–Crippen MR) is 166 cm³/mol. The summed E-state index contributed by atoms with van der Waals surface area (Å²) in [7, 11) is 0. The molecule has 4 aliphatic heterocycles. The molecule has 0 radical (unpaired) electrons. The number of aliphatic hydroxyl groups excluding tert-OH is 2. The molecule has 6 rings (SSSR count). The molecule has 2 aromatic rings. The summed E-state index contributed by atoms with van der Waals surface area (Å²) in [4.78, 5) is 3.08. The monoisotopic (exact) mass is 653 g/mol. The fourth-order valence-corrected chi connectivity index (χ4v) is 6.38. The Morgan fingerprint density at radius 1 is 0.787 bits per heavy atom. The number of fused-ring (bicyclic) bond motifs is 2. The molecule has 0 bridgehead atoms. The second-order valence-corrected chi connectivity index (χ2v) is 12.1. The lowest BCUT2D eigenvalue weighted by molar-refractivity contribution is -0.393. The first-order valence-electron chi connectivity index (χ1n) is 16.3. The van der Waals surface area contributed by atoms with E-state index in [0.29, 0.717) is 6.61 Å². The van der Waals surface area contributed by atoms with Crippen LogP contribution >= 0.6 is 0 Å². The summed E-state index contributed by atoms with van der Waals surface area (Å²) in [5.74, 6) is 0. The third-order valence-electron chi connectivity index (χ3n) is 8.84. The zero-order chi connectivity index (χ0) is 32.6. The van der Waals surface area contributed by atoms with Gasteiger partial charge in [0.15, 0.2) is 25.2 Å². The van der Waals surface area contributed by atoms with E-state index in [2.05, 4.69) is 16.6 Å². The van der Waals surface area contributed by atoms with E-state index in [9.17, 15) is 15.7 Å². The molecule has 12 atom stereocenters. The number of azide groups is 1. The maximum Gasteiger partial charge on any atom is 0.187 e. The van der Waals surface area contributed by atoms with E-state index in [0.717, 1.165) is 43.2 Å². The third-order valence-corrected chi connectivity index (χ3v) is 8.84. The van der Waals surface area contributed by atoms with E-state index < -0.39 is 73.9 Å². The van der Waals surface area contributed by atoms with Crippen LogP contribution in [0.1, 0.15) is 55.8 Å². The second kappa shape index (κ2) is 16.5. The smallest absolute Gasteiger partial charge is 0.187 e. The number of benzene rings is 2. The van der Waals surface area contributed by atoms with Gasteiger partial charge in [-0.05, 0) is 24.8 Å². The van der Waals surface area contributed by atoms with Gasteiger partial charge < -0.3 is 48.1 Å². The summed E-state index contributed by atoms with van der Waals surface area (Å²) < 4.78 is 49.4. The molecular weight excluding hydrogens is 610 g/mol. The van der Waals surface area contributed by atoms with Crippen molar-refractivity contribution >= 4 is 0 Å². The van der Waals surface area contributed by atoms with E-state index >= 15 is 0 Å². The van der Waals surface area contributed by atoms with Crippen LogP contribution < -0.4 is 0 Å². The largest absolute Gasteiger partial charge is 0.387 e. The SMILES string of the molecule is C=CCCCCCCO[C@@H]1OC2COC(c3ccccc3)O[C@H]2C(O[C@@H]2OC3COC(c4ccccc4)O[C@@H]3C(O)[C@@H]2O)[C@@H]1N=[N+]=[N-]. The maximum atomic E-state index is 11.3. The Bertz CT molecular complexity index is 1320. The highest BCUT2D eigenvalue weighted by Gasteiger charge is 2.55. The van der Waals surface area contributed by atoms with Crippen LogP contribution in [0.4, 0.5) is 0 Å². The van der Waals surface area contributed by atoms with Crippen molar-refractivity contribution in [1.29, 1.82) is 0 Å². The Kier molecular flexibility index (Phi) is 11.9. The zero-order valence-corrected chi connectivity index (χ0v) is 26.1. The minimum Gasteiger partial charge on any atom is -0.387 e. The Hall–Kier alpha value is -2.91. The van der Waals surface area contributed by atoms with Crippen molar-refractivity contribution in [2.45, 2.75) is 106 Å². The molecule has 0 aliphatic carbocycles. The summed E-state index contributed by atoms with van der Waals surface area (Å²) >= 11 is 0. The van der Waals surface area contributed by atoms with Gasteiger partial charge in [-0.2, -0.15) is 0 Å². The minimum atomic E-state index is -1.50. The number of hydrogen-bond acceptors (Lipinski definition) is 11. The Balaban J connectivity index is 1.19. The van der Waals surface area contributed by atoms with Crippen molar-refractivity contribution < 1.29 is 48.1 Å². The molecule has 0 saturated carbocycles. The Morgan fingerprint density at radius 2 is 1.38 bits per heavy atom. The van der Waals surface area contributed by atoms with Gasteiger partial charge in [-0.3, -0.25) is 0 Å². The number of ether oxygens (including phenoxy) is 8. The fourth-order valence-electron chi connectivity index (χ4n) is 6.38. The molecule has 0 spiro atoms. The van der Waals surface area contributed by atoms with Crippen molar-refractivity contribution in [2.75, 3.05) is 19.8 Å². The van der Waals surface area contributed by atoms with E-state index in [1.165, 1.54) is 0 Å². The molecule has 13 nitrogen and oxygen atoms in total. The van der Waals surface area contributed by atoms with Crippen LogP contribution in [0.2, 0.25) is 0 Å². The Labute approximate surface area is 273 Å². The summed E-state index contributed by atoms with van der Waals surface area (Å²) in [5.41, 5.74) is 11.2. The molecular formula is C34H43N3O10. The molecule has 13 heteroatoms. The summed E-state index contributed by atoms with van der Waals surface area (Å²) in [6.07, 6.45) is -3.97. The van der Waals surface area contributed by atoms with Gasteiger partial charge in [0, 0.05) is 22.6 Å². The molecule has 2 N–H and O–H groups in total. The van der Waals surface area contributed by atoms with Crippen LogP contribution in [0.5, 0.6) is 0 Å². The van der Waals surface area contributed by atoms with Crippen molar-refractivity contribution in [3.63, 3.8) is 0 Å². The standard InChI is InChI=1S/C34H43N3O10/c1-2-3-4-5-6-13-18-40-33-25(36-37-35)30(29-24(43-33)20-42-32(46-29)22-16-11-8-12-17-22)47-34-27(39)26(38)28-23(44-34)19-41-31(45-28)21-14-9-7-10-15-21/h2,7-12,14-17,23-34,38-39H,1,3-6,13,18-20H2/t23?,24?,25-,26?,27-,28-,29+,30?,31?,32?,33+,34-/m0/s1. The lowest BCUT2D eigenvalue weighted by Gasteiger charge is -2.51. The molecule has 254 valence electrons. The van der Waals surface area contributed by atoms with Crippen LogP contribution in [0, 0.1) is 0 Å². The van der Waals surface area contributed by atoms with Gasteiger partial charge in [0.05, 0.1) is 13.2 Å². The maximum absolute atomic E-state index is 11.3. The first-order chi connectivity index (χ1) is 23.1.